The van der Waals surface area contributed by atoms with Crippen molar-refractivity contribution >= 4 is 34.1 Å². The van der Waals surface area contributed by atoms with Crippen LogP contribution >= 0.6 is 0 Å². The van der Waals surface area contributed by atoms with E-state index in [1.165, 1.54) is 0 Å². The topological polar surface area (TPSA) is 71.1 Å². The van der Waals surface area contributed by atoms with Crippen LogP contribution in [0, 0.1) is 20.8 Å². The van der Waals surface area contributed by atoms with E-state index in [-0.39, 0.29) is 11.8 Å². The first-order chi connectivity index (χ1) is 14.9. The molecule has 0 fully saturated rings. The molecule has 0 aliphatic heterocycles. The molecule has 154 valence electrons. The molecule has 0 aliphatic carbocycles. The smallest absolute Gasteiger partial charge is 0.255 e. The molecule has 1 aromatic heterocycles. The fraction of sp³-hybridized carbons (Fsp3) is 0.115. The number of carbonyl (C=O) groups is 2. The molecule has 2 N–H and O–H groups in total. The fourth-order valence-corrected chi connectivity index (χ4v) is 3.44. The van der Waals surface area contributed by atoms with Crippen molar-refractivity contribution in [2.45, 2.75) is 20.8 Å². The summed E-state index contributed by atoms with van der Waals surface area (Å²) in [6, 6.07) is 20.3. The highest BCUT2D eigenvalue weighted by Gasteiger charge is 2.13. The van der Waals surface area contributed by atoms with Gasteiger partial charge >= 0.3 is 0 Å². The highest BCUT2D eigenvalue weighted by molar-refractivity contribution is 6.09. The van der Waals surface area contributed by atoms with Crippen LogP contribution in [0.5, 0.6) is 0 Å². The average molecular weight is 409 g/mol. The number of hydrogen-bond acceptors (Lipinski definition) is 3. The minimum atomic E-state index is -0.232. The number of hydrogen-bond donors (Lipinski definition) is 2. The first-order valence-electron chi connectivity index (χ1n) is 10.1. The van der Waals surface area contributed by atoms with Crippen LogP contribution in [0.2, 0.25) is 0 Å². The summed E-state index contributed by atoms with van der Waals surface area (Å²) in [5, 5.41) is 6.78. The van der Waals surface area contributed by atoms with Gasteiger partial charge in [-0.25, -0.2) is 0 Å². The van der Waals surface area contributed by atoms with Crippen LogP contribution in [0.1, 0.15) is 37.4 Å². The third kappa shape index (κ3) is 4.46. The Hall–Kier alpha value is -3.99. The van der Waals surface area contributed by atoms with E-state index in [0.717, 1.165) is 33.3 Å². The molecular formula is C26H23N3O2. The number of aromatic nitrogens is 1. The molecule has 31 heavy (non-hydrogen) atoms. The summed E-state index contributed by atoms with van der Waals surface area (Å²) in [7, 11) is 0. The second kappa shape index (κ2) is 8.40. The maximum Gasteiger partial charge on any atom is 0.255 e. The highest BCUT2D eigenvalue weighted by Crippen LogP contribution is 2.22. The number of pyridine rings is 1. The zero-order valence-corrected chi connectivity index (χ0v) is 17.7. The number of amides is 2. The van der Waals surface area contributed by atoms with Crippen molar-refractivity contribution < 1.29 is 9.59 Å². The summed E-state index contributed by atoms with van der Waals surface area (Å²) in [5.74, 6) is -0.460. The second-order valence-corrected chi connectivity index (χ2v) is 7.67. The highest BCUT2D eigenvalue weighted by atomic mass is 16.2. The Labute approximate surface area is 181 Å². The molecule has 0 aliphatic rings. The normalized spacial score (nSPS) is 10.7. The number of benzene rings is 3. The molecule has 2 amide bonds. The van der Waals surface area contributed by atoms with Crippen LogP contribution in [0.15, 0.2) is 72.9 Å². The van der Waals surface area contributed by atoms with E-state index in [1.807, 2.05) is 69.3 Å². The Kier molecular flexibility index (Phi) is 5.50. The van der Waals surface area contributed by atoms with Crippen molar-refractivity contribution in [3.8, 4) is 0 Å². The largest absolute Gasteiger partial charge is 0.322 e. The van der Waals surface area contributed by atoms with Crippen molar-refractivity contribution in [3.05, 3.63) is 101 Å². The summed E-state index contributed by atoms with van der Waals surface area (Å²) >= 11 is 0. The number of aryl methyl sites for hydroxylation is 3. The fourth-order valence-electron chi connectivity index (χ4n) is 3.44. The van der Waals surface area contributed by atoms with Gasteiger partial charge in [-0.2, -0.15) is 0 Å². The molecule has 4 aromatic rings. The standard InChI is InChI=1S/C26H23N3O2/c1-16-5-4-6-21(13-16)28-25(30)20-8-7-18(3)24(15-20)29-26(31)19-9-10-23-22(14-19)17(2)11-12-27-23/h4-15H,1-3H3,(H,28,30)(H,29,31). The van der Waals surface area contributed by atoms with Crippen LogP contribution in [0.25, 0.3) is 10.9 Å². The average Bonchev–Trinajstić information content (AvgIpc) is 2.75. The van der Waals surface area contributed by atoms with Gasteiger partial charge in [0, 0.05) is 34.1 Å². The maximum atomic E-state index is 12.9. The second-order valence-electron chi connectivity index (χ2n) is 7.67. The SMILES string of the molecule is Cc1cccc(NC(=O)c2ccc(C)c(NC(=O)c3ccc4nccc(C)c4c3)c2)c1. The van der Waals surface area contributed by atoms with E-state index >= 15 is 0 Å². The summed E-state index contributed by atoms with van der Waals surface area (Å²) in [5.41, 5.74) is 6.20. The number of carbonyl (C=O) groups excluding carboxylic acids is 2. The van der Waals surface area contributed by atoms with Gasteiger partial charge in [0.25, 0.3) is 11.8 Å². The summed E-state index contributed by atoms with van der Waals surface area (Å²) in [6.45, 7) is 5.86. The number of rotatable bonds is 4. The Morgan fingerprint density at radius 1 is 0.742 bits per heavy atom. The van der Waals surface area contributed by atoms with E-state index in [0.29, 0.717) is 16.8 Å². The van der Waals surface area contributed by atoms with E-state index in [2.05, 4.69) is 15.6 Å². The molecule has 0 atom stereocenters. The Balaban J connectivity index is 1.56. The lowest BCUT2D eigenvalue weighted by atomic mass is 10.1. The van der Waals surface area contributed by atoms with Gasteiger partial charge in [-0.3, -0.25) is 14.6 Å². The van der Waals surface area contributed by atoms with Crippen LogP contribution in [-0.4, -0.2) is 16.8 Å². The monoisotopic (exact) mass is 409 g/mol. The predicted octanol–water partition coefficient (Wildman–Crippen LogP) is 5.66. The molecular weight excluding hydrogens is 386 g/mol. The summed E-state index contributed by atoms with van der Waals surface area (Å²) in [6.07, 6.45) is 1.76. The zero-order chi connectivity index (χ0) is 22.0. The molecule has 0 radical (unpaired) electrons. The lowest BCUT2D eigenvalue weighted by Gasteiger charge is -2.12. The van der Waals surface area contributed by atoms with Crippen LogP contribution in [0.3, 0.4) is 0 Å². The molecule has 0 saturated heterocycles. The first-order valence-corrected chi connectivity index (χ1v) is 10.1. The van der Waals surface area contributed by atoms with Gasteiger partial charge in [0.05, 0.1) is 5.52 Å². The molecule has 3 aromatic carbocycles. The quantitative estimate of drug-likeness (QED) is 0.456. The van der Waals surface area contributed by atoms with Gasteiger partial charge in [-0.1, -0.05) is 18.2 Å². The van der Waals surface area contributed by atoms with E-state index < -0.39 is 0 Å². The van der Waals surface area contributed by atoms with Crippen molar-refractivity contribution in [2.75, 3.05) is 10.6 Å². The molecule has 0 spiro atoms. The molecule has 0 saturated carbocycles. The molecule has 0 bridgehead atoms. The van der Waals surface area contributed by atoms with Crippen molar-refractivity contribution in [3.63, 3.8) is 0 Å². The van der Waals surface area contributed by atoms with Gasteiger partial charge in [0.15, 0.2) is 0 Å². The Morgan fingerprint density at radius 2 is 1.48 bits per heavy atom. The van der Waals surface area contributed by atoms with Gasteiger partial charge in [0.2, 0.25) is 0 Å². The molecule has 4 rings (SSSR count). The predicted molar refractivity (Wildman–Crippen MR) is 125 cm³/mol. The number of nitrogens with one attached hydrogen (secondary N) is 2. The molecule has 5 heteroatoms. The lowest BCUT2D eigenvalue weighted by Crippen LogP contribution is -2.15. The van der Waals surface area contributed by atoms with Crippen molar-refractivity contribution in [2.24, 2.45) is 0 Å². The zero-order valence-electron chi connectivity index (χ0n) is 17.7. The summed E-state index contributed by atoms with van der Waals surface area (Å²) in [4.78, 5) is 29.9. The van der Waals surface area contributed by atoms with Gasteiger partial charge < -0.3 is 10.6 Å². The maximum absolute atomic E-state index is 12.9. The van der Waals surface area contributed by atoms with Gasteiger partial charge in [-0.05, 0) is 86.0 Å². The summed E-state index contributed by atoms with van der Waals surface area (Å²) < 4.78 is 0. The van der Waals surface area contributed by atoms with Crippen LogP contribution in [0.4, 0.5) is 11.4 Å². The number of anilines is 2. The van der Waals surface area contributed by atoms with Gasteiger partial charge in [0.1, 0.15) is 0 Å². The molecule has 1 heterocycles. The van der Waals surface area contributed by atoms with E-state index in [9.17, 15) is 9.59 Å². The van der Waals surface area contributed by atoms with Crippen LogP contribution < -0.4 is 10.6 Å². The Bertz CT molecular complexity index is 1310. The third-order valence-electron chi connectivity index (χ3n) is 5.25. The van der Waals surface area contributed by atoms with Gasteiger partial charge in [-0.15, -0.1) is 0 Å². The van der Waals surface area contributed by atoms with E-state index in [4.69, 9.17) is 0 Å². The van der Waals surface area contributed by atoms with Crippen LogP contribution in [-0.2, 0) is 0 Å². The first kappa shape index (κ1) is 20.3. The van der Waals surface area contributed by atoms with Crippen molar-refractivity contribution in [1.29, 1.82) is 0 Å². The van der Waals surface area contributed by atoms with Crippen molar-refractivity contribution in [1.82, 2.24) is 4.98 Å². The lowest BCUT2D eigenvalue weighted by molar-refractivity contribution is 0.101. The number of nitrogens with zero attached hydrogens (tertiary/aromatic N) is 1. The number of fused-ring (bicyclic) bond motifs is 1. The minimum Gasteiger partial charge on any atom is -0.322 e. The molecule has 0 unspecified atom stereocenters. The minimum absolute atomic E-state index is 0.228. The third-order valence-corrected chi connectivity index (χ3v) is 5.25. The van der Waals surface area contributed by atoms with E-state index in [1.54, 1.807) is 24.4 Å². The molecule has 5 nitrogen and oxygen atoms in total. The Morgan fingerprint density at radius 3 is 2.29 bits per heavy atom.